The van der Waals surface area contributed by atoms with Crippen LogP contribution in [0, 0.1) is 0 Å². The zero-order valence-corrected chi connectivity index (χ0v) is 63.7. The van der Waals surface area contributed by atoms with Crippen LogP contribution < -0.4 is 0 Å². The van der Waals surface area contributed by atoms with Crippen molar-refractivity contribution in [2.24, 2.45) is 0 Å². The molecule has 17 aromatic carbocycles. The van der Waals surface area contributed by atoms with E-state index in [4.69, 9.17) is 29.9 Å². The highest BCUT2D eigenvalue weighted by atomic mass is 15.1. The smallest absolute Gasteiger partial charge is 0.164 e. The fourth-order valence-corrected chi connectivity index (χ4v) is 20.5. The van der Waals surface area contributed by atoms with Gasteiger partial charge in [0.25, 0.3) is 0 Å². The number of nitrogens with zero attached hydrogens (tertiary/aromatic N) is 8. The third-order valence-electron chi connectivity index (χ3n) is 25.5. The average Bonchev–Trinajstić information content (AvgIpc) is 1.49. The van der Waals surface area contributed by atoms with Gasteiger partial charge in [-0.05, 0) is 148 Å². The molecule has 25 rings (SSSR count). The van der Waals surface area contributed by atoms with Crippen LogP contribution in [-0.2, 0) is 10.8 Å². The van der Waals surface area contributed by atoms with E-state index in [0.29, 0.717) is 34.9 Å². The van der Waals surface area contributed by atoms with Crippen LogP contribution in [0.3, 0.4) is 0 Å². The molecule has 8 nitrogen and oxygen atoms in total. The molecule has 6 heterocycles. The second-order valence-corrected chi connectivity index (χ2v) is 31.4. The SMILES string of the molecule is c1ccc(-c2ccc(-c3nc(-c4ccccc4)nc(-c4cccc(-c5ccc6c(c5)C5(c7ccccc7-6)c6ccccc6-n6c7ccccc7c7c(-c8ccc9c(c8)-n8c%10ccccc%10c%10cccc(c%108)C98c9ccccc9-c9c(-c%10ccc(-c%11nc(-c%12ccccc%12)nc(-c%12ccccc%12)n%11)cc%10)cccc98)ccc5c76)c4)n3)cc2)cc1. The number of hydrogen-bond acceptors (Lipinski definition) is 6. The van der Waals surface area contributed by atoms with Crippen LogP contribution in [0.4, 0.5) is 0 Å². The summed E-state index contributed by atoms with van der Waals surface area (Å²) >= 11 is 0. The van der Waals surface area contributed by atoms with E-state index < -0.39 is 10.8 Å². The van der Waals surface area contributed by atoms with Crippen molar-refractivity contribution < 1.29 is 0 Å². The van der Waals surface area contributed by atoms with Crippen LogP contribution in [0.25, 0.3) is 190 Å². The summed E-state index contributed by atoms with van der Waals surface area (Å²) in [6.07, 6.45) is 0. The van der Waals surface area contributed by atoms with Crippen LogP contribution in [0.2, 0.25) is 0 Å². The van der Waals surface area contributed by atoms with E-state index in [1.807, 2.05) is 60.7 Å². The number of hydrogen-bond donors (Lipinski definition) is 0. The van der Waals surface area contributed by atoms with E-state index in [1.165, 1.54) is 122 Å². The molecule has 2 spiro atoms. The summed E-state index contributed by atoms with van der Waals surface area (Å²) in [5.41, 5.74) is 35.2. The highest BCUT2D eigenvalue weighted by molar-refractivity contribution is 6.19. The normalized spacial score (nSPS) is 14.8. The fourth-order valence-electron chi connectivity index (χ4n) is 20.5. The molecule has 0 saturated carbocycles. The molecule has 2 atom stereocenters. The molecular formula is C110H66N8. The Morgan fingerprint density at radius 1 is 0.178 bits per heavy atom. The van der Waals surface area contributed by atoms with Crippen molar-refractivity contribution in [3.8, 4) is 146 Å². The molecule has 0 saturated heterocycles. The zero-order valence-electron chi connectivity index (χ0n) is 63.7. The lowest BCUT2D eigenvalue weighted by molar-refractivity contribution is 0.748. The Balaban J connectivity index is 0.658. The van der Waals surface area contributed by atoms with Crippen LogP contribution >= 0.6 is 0 Å². The Morgan fingerprint density at radius 3 is 1.21 bits per heavy atom. The lowest BCUT2D eigenvalue weighted by Crippen LogP contribution is -2.33. The number of rotatable bonds is 10. The van der Waals surface area contributed by atoms with Gasteiger partial charge in [-0.1, -0.05) is 364 Å². The first-order valence-electron chi connectivity index (χ1n) is 40.4. The van der Waals surface area contributed by atoms with Crippen molar-refractivity contribution in [2.45, 2.75) is 10.8 Å². The molecule has 118 heavy (non-hydrogen) atoms. The van der Waals surface area contributed by atoms with Gasteiger partial charge in [-0.25, -0.2) is 29.9 Å². The van der Waals surface area contributed by atoms with Crippen molar-refractivity contribution >= 4 is 43.6 Å². The maximum atomic E-state index is 5.29. The number of para-hydroxylation sites is 4. The second-order valence-electron chi connectivity index (χ2n) is 31.4. The Kier molecular flexibility index (Phi) is 14.2. The van der Waals surface area contributed by atoms with E-state index in [0.717, 1.165) is 78.0 Å². The first-order valence-corrected chi connectivity index (χ1v) is 40.4. The van der Waals surface area contributed by atoms with E-state index >= 15 is 0 Å². The van der Waals surface area contributed by atoms with Gasteiger partial charge in [0, 0.05) is 54.9 Å². The van der Waals surface area contributed by atoms with Gasteiger partial charge < -0.3 is 9.13 Å². The average molecular weight is 1500 g/mol. The molecule has 0 N–H and O–H groups in total. The fraction of sp³-hybridized carbons (Fsp3) is 0.0182. The second kappa shape index (κ2) is 25.4. The summed E-state index contributed by atoms with van der Waals surface area (Å²) in [6, 6.07) is 147. The Bertz CT molecular complexity index is 7730. The maximum absolute atomic E-state index is 5.29. The summed E-state index contributed by atoms with van der Waals surface area (Å²) in [5.74, 6) is 3.73. The molecule has 4 aliphatic rings. The minimum atomic E-state index is -0.736. The Hall–Kier alpha value is -15.6. The Labute approximate surface area is 680 Å². The summed E-state index contributed by atoms with van der Waals surface area (Å²) in [4.78, 5) is 31.0. The first-order chi connectivity index (χ1) is 58.5. The van der Waals surface area contributed by atoms with Crippen LogP contribution in [-0.4, -0.2) is 39.0 Å². The van der Waals surface area contributed by atoms with Crippen LogP contribution in [0.15, 0.2) is 400 Å². The minimum Gasteiger partial charge on any atom is -0.309 e. The molecule has 8 heteroatoms. The van der Waals surface area contributed by atoms with E-state index in [1.54, 1.807) is 0 Å². The van der Waals surface area contributed by atoms with Crippen molar-refractivity contribution in [3.63, 3.8) is 0 Å². The van der Waals surface area contributed by atoms with Crippen molar-refractivity contribution in [1.82, 2.24) is 39.0 Å². The van der Waals surface area contributed by atoms with Gasteiger partial charge in [-0.15, -0.1) is 0 Å². The molecule has 2 aliphatic carbocycles. The van der Waals surface area contributed by atoms with Gasteiger partial charge in [-0.2, -0.15) is 0 Å². The predicted molar refractivity (Wildman–Crippen MR) is 478 cm³/mol. The molecule has 2 unspecified atom stereocenters. The van der Waals surface area contributed by atoms with E-state index in [9.17, 15) is 0 Å². The molecule has 0 radical (unpaired) electrons. The van der Waals surface area contributed by atoms with Crippen molar-refractivity contribution in [1.29, 1.82) is 0 Å². The topological polar surface area (TPSA) is 87.2 Å². The van der Waals surface area contributed by atoms with E-state index in [-0.39, 0.29) is 0 Å². The first kappa shape index (κ1) is 65.9. The maximum Gasteiger partial charge on any atom is 0.164 e. The monoisotopic (exact) mass is 1500 g/mol. The number of aromatic nitrogens is 8. The van der Waals surface area contributed by atoms with Gasteiger partial charge in [0.15, 0.2) is 34.9 Å². The summed E-state index contributed by atoms with van der Waals surface area (Å²) < 4.78 is 5.18. The number of fused-ring (bicyclic) bond motifs is 24. The highest BCUT2D eigenvalue weighted by Gasteiger charge is 2.54. The van der Waals surface area contributed by atoms with Gasteiger partial charge in [-0.3, -0.25) is 0 Å². The van der Waals surface area contributed by atoms with Gasteiger partial charge in [0.2, 0.25) is 0 Å². The highest BCUT2D eigenvalue weighted by Crippen LogP contribution is 2.65. The van der Waals surface area contributed by atoms with Gasteiger partial charge >= 0.3 is 0 Å². The van der Waals surface area contributed by atoms with Crippen LogP contribution in [0.1, 0.15) is 44.5 Å². The summed E-state index contributed by atoms with van der Waals surface area (Å²) in [5, 5.41) is 4.88. The molecule has 4 aromatic heterocycles. The lowest BCUT2D eigenvalue weighted by Gasteiger charge is -2.40. The molecule has 0 amide bonds. The molecule has 0 bridgehead atoms. The molecule has 0 fully saturated rings. The third-order valence-corrected chi connectivity index (χ3v) is 25.5. The van der Waals surface area contributed by atoms with Crippen molar-refractivity contribution in [2.75, 3.05) is 0 Å². The summed E-state index contributed by atoms with van der Waals surface area (Å²) in [6.45, 7) is 0. The largest absolute Gasteiger partial charge is 0.309 e. The lowest BCUT2D eigenvalue weighted by atomic mass is 9.64. The standard InChI is InChI=1S/C110H66N8/c1-5-26-67(27-6-1)68-50-54-73(55-51-68)107-114-105(72-32-11-4-12-33-72)115-108(116-107)78-35-23-34-75(64-78)76-58-60-82-81-36-13-17-42-87(81)110(94(82)65-76)89-44-19-22-49-97(89)117-96-48-21-16-39-86(96)100-80(61-63-93(110)102(100)117)77-59-62-90-98(66-77)118-95-47-20-15-37-83(95)84-41-25-46-92(101(84)118)109(90)88-43-18-14-38-85(88)99-79(40-24-45-91(99)109)69-52-56-74(57-53-69)106-112-103(70-28-7-2-8-29-70)111-104(113-106)71-30-9-3-10-31-71/h1-66H. The van der Waals surface area contributed by atoms with Gasteiger partial charge in [0.05, 0.1) is 44.3 Å². The third kappa shape index (κ3) is 9.42. The van der Waals surface area contributed by atoms with Crippen molar-refractivity contribution in [3.05, 3.63) is 445 Å². The number of benzene rings is 17. The quantitative estimate of drug-likeness (QED) is 0.136. The van der Waals surface area contributed by atoms with Gasteiger partial charge in [0.1, 0.15) is 0 Å². The molecule has 21 aromatic rings. The molecular weight excluding hydrogens is 1430 g/mol. The Morgan fingerprint density at radius 2 is 0.551 bits per heavy atom. The predicted octanol–water partition coefficient (Wildman–Crippen LogP) is 26.3. The van der Waals surface area contributed by atoms with E-state index in [2.05, 4.69) is 349 Å². The minimum absolute atomic E-state index is 0.606. The van der Waals surface area contributed by atoms with Crippen LogP contribution in [0.5, 0.6) is 0 Å². The molecule has 2 aliphatic heterocycles. The molecule has 546 valence electrons. The summed E-state index contributed by atoms with van der Waals surface area (Å²) in [7, 11) is 0. The zero-order chi connectivity index (χ0) is 77.3.